The fourth-order valence-electron chi connectivity index (χ4n) is 4.22. The third kappa shape index (κ3) is 3.12. The summed E-state index contributed by atoms with van der Waals surface area (Å²) in [5, 5.41) is 21.5. The van der Waals surface area contributed by atoms with E-state index in [1.165, 1.54) is 5.06 Å². The summed E-state index contributed by atoms with van der Waals surface area (Å²) in [5.74, 6) is -0.375. The van der Waals surface area contributed by atoms with E-state index in [0.717, 1.165) is 0 Å². The number of nitrogens with zero attached hydrogens (tertiary/aromatic N) is 2. The van der Waals surface area contributed by atoms with Crippen molar-refractivity contribution in [3.05, 3.63) is 11.6 Å². The molecule has 24 heavy (non-hydrogen) atoms. The van der Waals surface area contributed by atoms with Crippen molar-refractivity contribution in [1.82, 2.24) is 10.1 Å². The number of carbonyl (C=O) groups excluding carboxylic acids is 1. The number of rotatable bonds is 2. The molecule has 6 nitrogen and oxygen atoms in total. The summed E-state index contributed by atoms with van der Waals surface area (Å²) in [6.45, 7) is 15.3. The van der Waals surface area contributed by atoms with Gasteiger partial charge in [-0.2, -0.15) is 5.06 Å². The fraction of sp³-hybridized carbons (Fsp3) is 0.833. The molecule has 138 valence electrons. The van der Waals surface area contributed by atoms with Crippen LogP contribution in [0.3, 0.4) is 0 Å². The van der Waals surface area contributed by atoms with E-state index < -0.39 is 11.1 Å². The minimum absolute atomic E-state index is 0.239. The molecular formula is C18H33N2O4+. The molecule has 2 aliphatic heterocycles. The molecule has 0 saturated carbocycles. The van der Waals surface area contributed by atoms with E-state index in [2.05, 4.69) is 0 Å². The molecule has 0 atom stereocenters. The molecule has 0 aromatic rings. The SMILES string of the molecule is CC1(C)C=C(C(=O)OC2CC(C)(C)N([OH2+])C(C)(C)C2)C(C)(C)N1O. The van der Waals surface area contributed by atoms with Crippen molar-refractivity contribution in [3.8, 4) is 0 Å². The van der Waals surface area contributed by atoms with Gasteiger partial charge in [0.25, 0.3) is 0 Å². The number of piperidine rings is 1. The normalized spacial score (nSPS) is 29.3. The van der Waals surface area contributed by atoms with Crippen LogP contribution in [0.15, 0.2) is 11.6 Å². The van der Waals surface area contributed by atoms with Crippen LogP contribution in [0.1, 0.15) is 68.2 Å². The van der Waals surface area contributed by atoms with Crippen molar-refractivity contribution >= 4 is 5.97 Å². The van der Waals surface area contributed by atoms with Crippen molar-refractivity contribution in [1.29, 1.82) is 0 Å². The molecule has 0 spiro atoms. The Morgan fingerprint density at radius 2 is 1.58 bits per heavy atom. The molecule has 0 amide bonds. The number of carbonyl (C=O) groups is 1. The Morgan fingerprint density at radius 3 is 1.96 bits per heavy atom. The fourth-order valence-corrected chi connectivity index (χ4v) is 4.22. The van der Waals surface area contributed by atoms with E-state index in [4.69, 9.17) is 9.94 Å². The lowest BCUT2D eigenvalue weighted by molar-refractivity contribution is -0.259. The van der Waals surface area contributed by atoms with Gasteiger partial charge in [-0.1, -0.05) is 11.1 Å². The Labute approximate surface area is 145 Å². The summed E-state index contributed by atoms with van der Waals surface area (Å²) in [6.07, 6.45) is 2.78. The number of hydrogen-bond donors (Lipinski definition) is 1. The molecule has 2 aliphatic rings. The minimum atomic E-state index is -0.790. The van der Waals surface area contributed by atoms with Gasteiger partial charge in [0.15, 0.2) is 0 Å². The van der Waals surface area contributed by atoms with Gasteiger partial charge >= 0.3 is 5.97 Å². The second-order valence-electron chi connectivity index (χ2n) is 9.48. The predicted octanol–water partition coefficient (Wildman–Crippen LogP) is 2.38. The van der Waals surface area contributed by atoms with Crippen molar-refractivity contribution < 1.29 is 19.9 Å². The van der Waals surface area contributed by atoms with Crippen molar-refractivity contribution in [2.45, 2.75) is 96.5 Å². The Kier molecular flexibility index (Phi) is 4.46. The molecule has 0 aromatic heterocycles. The van der Waals surface area contributed by atoms with Crippen LogP contribution >= 0.6 is 0 Å². The molecule has 2 rings (SSSR count). The molecule has 3 N–H and O–H groups in total. The molecule has 0 bridgehead atoms. The van der Waals surface area contributed by atoms with Gasteiger partial charge in [-0.05, 0) is 55.4 Å². The molecule has 6 heteroatoms. The third-order valence-corrected chi connectivity index (χ3v) is 5.39. The average Bonchev–Trinajstić information content (AvgIpc) is 2.55. The van der Waals surface area contributed by atoms with Crippen LogP contribution in [0, 0.1) is 0 Å². The van der Waals surface area contributed by atoms with Gasteiger partial charge in [-0.15, -0.1) is 0 Å². The van der Waals surface area contributed by atoms with Gasteiger partial charge in [0.05, 0.1) is 27.7 Å². The predicted molar refractivity (Wildman–Crippen MR) is 92.6 cm³/mol. The quantitative estimate of drug-likeness (QED) is 0.616. The Bertz CT molecular complexity index is 545. The van der Waals surface area contributed by atoms with Crippen molar-refractivity contribution in [2.24, 2.45) is 0 Å². The van der Waals surface area contributed by atoms with Crippen LogP contribution in [-0.4, -0.2) is 54.8 Å². The van der Waals surface area contributed by atoms with Gasteiger partial charge in [-0.25, -0.2) is 4.79 Å². The van der Waals surface area contributed by atoms with Crippen LogP contribution in [0.25, 0.3) is 0 Å². The van der Waals surface area contributed by atoms with E-state index in [1.54, 1.807) is 11.1 Å². The van der Waals surface area contributed by atoms with Crippen LogP contribution in [0.5, 0.6) is 0 Å². The maximum Gasteiger partial charge on any atom is 0.336 e. The van der Waals surface area contributed by atoms with Gasteiger partial charge in [0.1, 0.15) is 6.10 Å². The lowest BCUT2D eigenvalue weighted by atomic mass is 9.80. The maximum atomic E-state index is 12.8. The van der Waals surface area contributed by atoms with Gasteiger partial charge in [-0.3, -0.25) is 0 Å². The first kappa shape index (κ1) is 19.4. The van der Waals surface area contributed by atoms with E-state index in [0.29, 0.717) is 18.4 Å². The highest BCUT2D eigenvalue weighted by molar-refractivity contribution is 5.92. The molecule has 0 aromatic carbocycles. The monoisotopic (exact) mass is 341 g/mol. The van der Waals surface area contributed by atoms with Crippen LogP contribution < -0.4 is 0 Å². The standard InChI is InChI=1S/C18H32N2O4/c1-15(2)9-12(10-16(3,4)19(15)22)24-14(21)13-11-17(5,6)20(23)18(13,7)8/h11-12,22-23H,9-10H2,1-8H3/p+1. The van der Waals surface area contributed by atoms with Crippen LogP contribution in [0.4, 0.5) is 0 Å². The number of hydrogen-bond acceptors (Lipinski definition) is 5. The van der Waals surface area contributed by atoms with Gasteiger partial charge in [0, 0.05) is 12.8 Å². The highest BCUT2D eigenvalue weighted by Gasteiger charge is 2.52. The summed E-state index contributed by atoms with van der Waals surface area (Å²) in [7, 11) is 0. The number of ether oxygens (including phenoxy) is 1. The number of hydroxylamine groups is 4. The summed E-state index contributed by atoms with van der Waals surface area (Å²) >= 11 is 0. The summed E-state index contributed by atoms with van der Waals surface area (Å²) in [6, 6.07) is 0. The minimum Gasteiger partial charge on any atom is -0.459 e. The average molecular weight is 341 g/mol. The molecule has 1 fully saturated rings. The summed E-state index contributed by atoms with van der Waals surface area (Å²) in [5.41, 5.74) is -1.65. The highest BCUT2D eigenvalue weighted by Crippen LogP contribution is 2.41. The highest BCUT2D eigenvalue weighted by atomic mass is 16.6. The van der Waals surface area contributed by atoms with Crippen molar-refractivity contribution in [3.63, 3.8) is 0 Å². The molecular weight excluding hydrogens is 308 g/mol. The smallest absolute Gasteiger partial charge is 0.336 e. The molecule has 1 saturated heterocycles. The summed E-state index contributed by atoms with van der Waals surface area (Å²) in [4.78, 5) is 12.8. The third-order valence-electron chi connectivity index (χ3n) is 5.39. The lowest BCUT2D eigenvalue weighted by Crippen LogP contribution is -2.60. The largest absolute Gasteiger partial charge is 0.459 e. The van der Waals surface area contributed by atoms with E-state index >= 15 is 0 Å². The Morgan fingerprint density at radius 1 is 1.12 bits per heavy atom. The van der Waals surface area contributed by atoms with E-state index in [1.807, 2.05) is 55.4 Å². The Balaban J connectivity index is 2.19. The summed E-state index contributed by atoms with van der Waals surface area (Å²) < 4.78 is 5.82. The van der Waals surface area contributed by atoms with E-state index in [9.17, 15) is 10.0 Å². The van der Waals surface area contributed by atoms with Crippen molar-refractivity contribution in [2.75, 3.05) is 0 Å². The zero-order chi connectivity index (χ0) is 18.7. The first-order valence-electron chi connectivity index (χ1n) is 8.56. The maximum absolute atomic E-state index is 12.8. The van der Waals surface area contributed by atoms with Gasteiger partial charge < -0.3 is 15.2 Å². The molecule has 2 heterocycles. The number of esters is 1. The molecule has 0 unspecified atom stereocenters. The molecule has 0 aliphatic carbocycles. The lowest BCUT2D eigenvalue weighted by Gasteiger charge is -2.47. The van der Waals surface area contributed by atoms with Gasteiger partial charge in [0.2, 0.25) is 0 Å². The second kappa shape index (κ2) is 5.53. The first-order valence-corrected chi connectivity index (χ1v) is 8.56. The topological polar surface area (TPSA) is 75.9 Å². The second-order valence-corrected chi connectivity index (χ2v) is 9.48. The van der Waals surface area contributed by atoms with E-state index in [-0.39, 0.29) is 23.2 Å². The zero-order valence-corrected chi connectivity index (χ0v) is 16.2. The molecule has 0 radical (unpaired) electrons. The Hall–Kier alpha value is -0.950. The van der Waals surface area contributed by atoms with Crippen LogP contribution in [-0.2, 0) is 9.53 Å². The first-order chi connectivity index (χ1) is 10.6. The van der Waals surface area contributed by atoms with Crippen LogP contribution in [0.2, 0.25) is 0 Å². The zero-order valence-electron chi connectivity index (χ0n) is 16.2.